The third kappa shape index (κ3) is 2.69. The largest absolute Gasteiger partial charge is 0.367 e. The highest BCUT2D eigenvalue weighted by Gasteiger charge is 2.26. The zero-order valence-corrected chi connectivity index (χ0v) is 14.8. The summed E-state index contributed by atoms with van der Waals surface area (Å²) in [5, 5.41) is 4.16. The topological polar surface area (TPSA) is 67.2 Å². The van der Waals surface area contributed by atoms with E-state index in [9.17, 15) is 8.42 Å². The first-order valence-electron chi connectivity index (χ1n) is 8.29. The summed E-state index contributed by atoms with van der Waals surface area (Å²) in [7, 11) is -1.76. The normalized spacial score (nSPS) is 15.6. The van der Waals surface area contributed by atoms with Gasteiger partial charge in [-0.25, -0.2) is 13.4 Å². The molecule has 1 aromatic carbocycles. The molecule has 4 rings (SSSR count). The smallest absolute Gasteiger partial charge is 0.225 e. The molecule has 1 N–H and O–H groups in total. The maximum Gasteiger partial charge on any atom is 0.225 e. The number of aryl methyl sites for hydroxylation is 1. The third-order valence-electron chi connectivity index (χ3n) is 4.60. The van der Waals surface area contributed by atoms with Crippen molar-refractivity contribution in [3.05, 3.63) is 48.8 Å². The second-order valence-electron chi connectivity index (χ2n) is 6.19. The second-order valence-corrected chi connectivity index (χ2v) is 8.05. The third-order valence-corrected chi connectivity index (χ3v) is 6.30. The number of benzene rings is 1. The van der Waals surface area contributed by atoms with Crippen LogP contribution in [0.1, 0.15) is 0 Å². The predicted molar refractivity (Wildman–Crippen MR) is 97.7 cm³/mol. The highest BCUT2D eigenvalue weighted by molar-refractivity contribution is 7.91. The first-order valence-corrected chi connectivity index (χ1v) is 9.77. The Morgan fingerprint density at radius 3 is 2.60 bits per heavy atom. The summed E-state index contributed by atoms with van der Waals surface area (Å²) in [6.07, 6.45) is 3.20. The fourth-order valence-electron chi connectivity index (χ4n) is 3.40. The van der Waals surface area contributed by atoms with Gasteiger partial charge in [-0.2, -0.15) is 0 Å². The molecule has 2 aromatic heterocycles. The Hall–Kier alpha value is -2.38. The molecule has 0 aliphatic carbocycles. The van der Waals surface area contributed by atoms with Gasteiger partial charge in [-0.15, -0.1) is 0 Å². The molecule has 0 spiro atoms. The molecule has 1 aliphatic rings. The van der Waals surface area contributed by atoms with Gasteiger partial charge >= 0.3 is 0 Å². The van der Waals surface area contributed by atoms with Gasteiger partial charge < -0.3 is 14.8 Å². The van der Waals surface area contributed by atoms with E-state index in [0.29, 0.717) is 4.90 Å². The lowest BCUT2D eigenvalue weighted by atomic mass is 10.2. The van der Waals surface area contributed by atoms with E-state index in [1.54, 1.807) is 18.3 Å². The van der Waals surface area contributed by atoms with E-state index in [2.05, 4.69) is 21.3 Å². The van der Waals surface area contributed by atoms with Crippen LogP contribution in [0.2, 0.25) is 0 Å². The number of para-hydroxylation sites is 1. The van der Waals surface area contributed by atoms with E-state index in [1.165, 1.54) is 12.3 Å². The molecule has 0 bridgehead atoms. The van der Waals surface area contributed by atoms with Gasteiger partial charge in [0.15, 0.2) is 5.03 Å². The van der Waals surface area contributed by atoms with Gasteiger partial charge in [0.25, 0.3) is 0 Å². The fourth-order valence-corrected chi connectivity index (χ4v) is 4.84. The lowest BCUT2D eigenvalue weighted by Crippen LogP contribution is -2.43. The van der Waals surface area contributed by atoms with E-state index in [4.69, 9.17) is 0 Å². The standard InChI is InChI=1S/C18H20N4O2S/c1-21-13-16(25(23,24)17-7-2-3-8-20-17)14-5-4-6-15(18(14)21)22-11-9-19-10-12-22/h2-8,13,19H,9-12H2,1H3. The molecule has 0 radical (unpaired) electrons. The van der Waals surface area contributed by atoms with E-state index < -0.39 is 9.84 Å². The predicted octanol–water partition coefficient (Wildman–Crippen LogP) is 1.82. The zero-order valence-electron chi connectivity index (χ0n) is 14.0. The van der Waals surface area contributed by atoms with Crippen molar-refractivity contribution in [3.8, 4) is 0 Å². The van der Waals surface area contributed by atoms with E-state index >= 15 is 0 Å². The number of pyridine rings is 1. The summed E-state index contributed by atoms with van der Waals surface area (Å²) in [5.74, 6) is 0. The molecular weight excluding hydrogens is 336 g/mol. The van der Waals surface area contributed by atoms with Crippen LogP contribution in [-0.4, -0.2) is 44.1 Å². The summed E-state index contributed by atoms with van der Waals surface area (Å²) < 4.78 is 28.0. The number of rotatable bonds is 3. The monoisotopic (exact) mass is 356 g/mol. The number of sulfone groups is 1. The molecule has 3 aromatic rings. The molecule has 25 heavy (non-hydrogen) atoms. The molecule has 6 nitrogen and oxygen atoms in total. The van der Waals surface area contributed by atoms with Crippen LogP contribution in [-0.2, 0) is 16.9 Å². The Balaban J connectivity index is 1.90. The lowest BCUT2D eigenvalue weighted by molar-refractivity contribution is 0.590. The average molecular weight is 356 g/mol. The highest BCUT2D eigenvalue weighted by Crippen LogP contribution is 2.34. The minimum absolute atomic E-state index is 0.0788. The molecule has 1 aliphatic heterocycles. The highest BCUT2D eigenvalue weighted by atomic mass is 32.2. The maximum atomic E-state index is 13.0. The molecule has 0 amide bonds. The van der Waals surface area contributed by atoms with Crippen molar-refractivity contribution < 1.29 is 8.42 Å². The van der Waals surface area contributed by atoms with Crippen LogP contribution in [0.5, 0.6) is 0 Å². The number of hydrogen-bond donors (Lipinski definition) is 1. The molecule has 0 atom stereocenters. The van der Waals surface area contributed by atoms with Crippen molar-refractivity contribution in [2.24, 2.45) is 7.05 Å². The van der Waals surface area contributed by atoms with Crippen LogP contribution in [0.4, 0.5) is 5.69 Å². The van der Waals surface area contributed by atoms with Crippen molar-refractivity contribution >= 4 is 26.4 Å². The van der Waals surface area contributed by atoms with Crippen molar-refractivity contribution in [1.82, 2.24) is 14.9 Å². The molecule has 0 saturated carbocycles. The Labute approximate surface area is 147 Å². The molecule has 1 saturated heterocycles. The van der Waals surface area contributed by atoms with Crippen molar-refractivity contribution in [1.29, 1.82) is 0 Å². The second kappa shape index (κ2) is 6.16. The minimum Gasteiger partial charge on any atom is -0.367 e. The van der Waals surface area contributed by atoms with Gasteiger partial charge in [0.1, 0.15) is 0 Å². The van der Waals surface area contributed by atoms with Crippen LogP contribution >= 0.6 is 0 Å². The van der Waals surface area contributed by atoms with Gasteiger partial charge in [-0.1, -0.05) is 18.2 Å². The Bertz CT molecular complexity index is 1010. The number of anilines is 1. The fraction of sp³-hybridized carbons (Fsp3) is 0.278. The number of nitrogens with zero attached hydrogens (tertiary/aromatic N) is 3. The molecule has 130 valence electrons. The average Bonchev–Trinajstić information content (AvgIpc) is 3.01. The summed E-state index contributed by atoms with van der Waals surface area (Å²) >= 11 is 0. The van der Waals surface area contributed by atoms with Crippen LogP contribution in [0.15, 0.2) is 58.7 Å². The summed E-state index contributed by atoms with van der Waals surface area (Å²) in [5.41, 5.74) is 2.02. The molecule has 7 heteroatoms. The van der Waals surface area contributed by atoms with Gasteiger partial charge in [0.2, 0.25) is 9.84 Å². The Kier molecular flexibility index (Phi) is 3.97. The summed E-state index contributed by atoms with van der Waals surface area (Å²) in [4.78, 5) is 6.65. The molecular formula is C18H20N4O2S. The number of hydrogen-bond acceptors (Lipinski definition) is 5. The van der Waals surface area contributed by atoms with Crippen LogP contribution in [0.25, 0.3) is 10.9 Å². The van der Waals surface area contributed by atoms with Crippen molar-refractivity contribution in [2.75, 3.05) is 31.1 Å². The van der Waals surface area contributed by atoms with Crippen LogP contribution < -0.4 is 10.2 Å². The minimum atomic E-state index is -3.66. The first kappa shape index (κ1) is 16.1. The van der Waals surface area contributed by atoms with Gasteiger partial charge in [-0.05, 0) is 18.2 Å². The van der Waals surface area contributed by atoms with Gasteiger partial charge in [0.05, 0.1) is 16.1 Å². The summed E-state index contributed by atoms with van der Waals surface area (Å²) in [6, 6.07) is 10.8. The maximum absolute atomic E-state index is 13.0. The zero-order chi connectivity index (χ0) is 17.4. The number of piperazine rings is 1. The van der Waals surface area contributed by atoms with Gasteiger partial charge in [0, 0.05) is 51.0 Å². The number of nitrogens with one attached hydrogen (secondary N) is 1. The first-order chi connectivity index (χ1) is 12.1. The van der Waals surface area contributed by atoms with Crippen LogP contribution in [0, 0.1) is 0 Å². The van der Waals surface area contributed by atoms with E-state index in [1.807, 2.05) is 23.7 Å². The SMILES string of the molecule is Cn1cc(S(=O)(=O)c2ccccn2)c2cccc(N3CCNCC3)c21. The van der Waals surface area contributed by atoms with E-state index in [0.717, 1.165) is 42.8 Å². The molecule has 0 unspecified atom stereocenters. The summed E-state index contributed by atoms with van der Waals surface area (Å²) in [6.45, 7) is 3.68. The quantitative estimate of drug-likeness (QED) is 0.775. The molecule has 1 fully saturated rings. The Morgan fingerprint density at radius 1 is 1.08 bits per heavy atom. The Morgan fingerprint density at radius 2 is 1.88 bits per heavy atom. The van der Waals surface area contributed by atoms with Gasteiger partial charge in [-0.3, -0.25) is 0 Å². The number of aromatic nitrogens is 2. The number of fused-ring (bicyclic) bond motifs is 1. The lowest BCUT2D eigenvalue weighted by Gasteiger charge is -2.30. The van der Waals surface area contributed by atoms with Crippen molar-refractivity contribution in [3.63, 3.8) is 0 Å². The molecule has 3 heterocycles. The van der Waals surface area contributed by atoms with Crippen LogP contribution in [0.3, 0.4) is 0 Å². The van der Waals surface area contributed by atoms with Crippen molar-refractivity contribution in [2.45, 2.75) is 9.92 Å². The van der Waals surface area contributed by atoms with E-state index in [-0.39, 0.29) is 5.03 Å².